The highest BCUT2D eigenvalue weighted by atomic mass is 32.2. The molecule has 1 saturated heterocycles. The van der Waals surface area contributed by atoms with Gasteiger partial charge in [-0.15, -0.1) is 0 Å². The average Bonchev–Trinajstić information content (AvgIpc) is 2.64. The Kier molecular flexibility index (Phi) is 5.99. The largest absolute Gasteiger partial charge is 0.369 e. The van der Waals surface area contributed by atoms with Crippen molar-refractivity contribution in [3.63, 3.8) is 0 Å². The Morgan fingerprint density at radius 1 is 1.00 bits per heavy atom. The highest BCUT2D eigenvalue weighted by molar-refractivity contribution is 7.90. The van der Waals surface area contributed by atoms with E-state index in [1.807, 2.05) is 12.1 Å². The molecule has 0 saturated carbocycles. The summed E-state index contributed by atoms with van der Waals surface area (Å²) in [6.07, 6.45) is 3.59. The number of sulfone groups is 1. The van der Waals surface area contributed by atoms with Crippen LogP contribution in [0.4, 0.5) is 5.69 Å². The Morgan fingerprint density at radius 2 is 1.69 bits per heavy atom. The van der Waals surface area contributed by atoms with Gasteiger partial charge in [0.05, 0.1) is 4.90 Å². The lowest BCUT2D eigenvalue weighted by atomic mass is 10.0. The Hall–Kier alpha value is -1.85. The first-order valence-electron chi connectivity index (χ1n) is 9.30. The molecule has 1 heterocycles. The van der Waals surface area contributed by atoms with Crippen LogP contribution in [0.5, 0.6) is 0 Å². The number of hydrogen-bond donors (Lipinski definition) is 0. The molecular formula is C21H28N2O2S. The maximum atomic E-state index is 11.7. The first-order chi connectivity index (χ1) is 12.5. The molecule has 0 spiro atoms. The molecular weight excluding hydrogens is 344 g/mol. The lowest BCUT2D eigenvalue weighted by molar-refractivity contribution is 0.159. The second-order valence-corrected chi connectivity index (χ2v) is 9.13. The van der Waals surface area contributed by atoms with E-state index in [0.717, 1.165) is 38.3 Å². The van der Waals surface area contributed by atoms with Crippen LogP contribution in [0.2, 0.25) is 0 Å². The van der Waals surface area contributed by atoms with Crippen LogP contribution in [0, 0.1) is 0 Å². The molecule has 1 fully saturated rings. The molecule has 4 nitrogen and oxygen atoms in total. The van der Waals surface area contributed by atoms with Crippen molar-refractivity contribution in [3.8, 4) is 0 Å². The SMILES string of the molecule is CCCC1CN(c2ccc(S(C)(=O)=O)cc2)CCN1Cc1ccccc1. The van der Waals surface area contributed by atoms with E-state index in [-0.39, 0.29) is 0 Å². The third kappa shape index (κ3) is 4.65. The minimum Gasteiger partial charge on any atom is -0.369 e. The van der Waals surface area contributed by atoms with Crippen molar-refractivity contribution < 1.29 is 8.42 Å². The standard InChI is InChI=1S/C21H28N2O2S/c1-3-7-20-17-23(19-10-12-21(13-11-19)26(2,24)25)15-14-22(20)16-18-8-5-4-6-9-18/h4-6,8-13,20H,3,7,14-17H2,1-2H3. The first-order valence-corrected chi connectivity index (χ1v) is 11.2. The van der Waals surface area contributed by atoms with Gasteiger partial charge in [-0.05, 0) is 36.2 Å². The molecule has 0 N–H and O–H groups in total. The summed E-state index contributed by atoms with van der Waals surface area (Å²) >= 11 is 0. The van der Waals surface area contributed by atoms with Crippen molar-refractivity contribution >= 4 is 15.5 Å². The second kappa shape index (κ2) is 8.23. The lowest BCUT2D eigenvalue weighted by Gasteiger charge is -2.42. The van der Waals surface area contributed by atoms with Gasteiger partial charge in [-0.2, -0.15) is 0 Å². The van der Waals surface area contributed by atoms with Gasteiger partial charge in [0, 0.05) is 44.2 Å². The summed E-state index contributed by atoms with van der Waals surface area (Å²) in [5.74, 6) is 0. The first kappa shape index (κ1) is 18.9. The van der Waals surface area contributed by atoms with Crippen LogP contribution in [0.3, 0.4) is 0 Å². The van der Waals surface area contributed by atoms with Gasteiger partial charge < -0.3 is 4.90 Å². The second-order valence-electron chi connectivity index (χ2n) is 7.11. The van der Waals surface area contributed by atoms with Gasteiger partial charge in [-0.3, -0.25) is 4.90 Å². The maximum Gasteiger partial charge on any atom is 0.175 e. The van der Waals surface area contributed by atoms with Crippen LogP contribution < -0.4 is 4.90 Å². The van der Waals surface area contributed by atoms with E-state index in [4.69, 9.17) is 0 Å². The zero-order valence-electron chi connectivity index (χ0n) is 15.6. The van der Waals surface area contributed by atoms with Gasteiger partial charge in [-0.1, -0.05) is 43.7 Å². The fourth-order valence-corrected chi connectivity index (χ4v) is 4.30. The molecule has 140 valence electrons. The monoisotopic (exact) mass is 372 g/mol. The van der Waals surface area contributed by atoms with E-state index < -0.39 is 9.84 Å². The van der Waals surface area contributed by atoms with Gasteiger partial charge in [0.1, 0.15) is 0 Å². The van der Waals surface area contributed by atoms with Crippen LogP contribution in [-0.4, -0.2) is 45.2 Å². The summed E-state index contributed by atoms with van der Waals surface area (Å²) in [5, 5.41) is 0. The fraction of sp³-hybridized carbons (Fsp3) is 0.429. The topological polar surface area (TPSA) is 40.6 Å². The van der Waals surface area contributed by atoms with Crippen molar-refractivity contribution in [1.82, 2.24) is 4.90 Å². The summed E-state index contributed by atoms with van der Waals surface area (Å²) in [6, 6.07) is 18.5. The predicted molar refractivity (Wildman–Crippen MR) is 107 cm³/mol. The molecule has 3 rings (SSSR count). The normalized spacial score (nSPS) is 18.8. The van der Waals surface area contributed by atoms with Crippen LogP contribution >= 0.6 is 0 Å². The van der Waals surface area contributed by atoms with Gasteiger partial charge in [0.2, 0.25) is 0 Å². The highest BCUT2D eigenvalue weighted by Gasteiger charge is 2.26. The molecule has 1 unspecified atom stereocenters. The van der Waals surface area contributed by atoms with Crippen molar-refractivity contribution in [2.75, 3.05) is 30.8 Å². The summed E-state index contributed by atoms with van der Waals surface area (Å²) in [7, 11) is -3.14. The Balaban J connectivity index is 1.71. The average molecular weight is 373 g/mol. The summed E-state index contributed by atoms with van der Waals surface area (Å²) < 4.78 is 23.3. The maximum absolute atomic E-state index is 11.7. The zero-order valence-corrected chi connectivity index (χ0v) is 16.5. The van der Waals surface area contributed by atoms with Crippen LogP contribution in [0.25, 0.3) is 0 Å². The molecule has 0 radical (unpaired) electrons. The Labute approximate surface area is 157 Å². The van der Waals surface area contributed by atoms with Crippen molar-refractivity contribution in [1.29, 1.82) is 0 Å². The van der Waals surface area contributed by atoms with Gasteiger partial charge in [0.15, 0.2) is 9.84 Å². The smallest absolute Gasteiger partial charge is 0.175 e. The third-order valence-electron chi connectivity index (χ3n) is 5.09. The van der Waals surface area contributed by atoms with E-state index in [9.17, 15) is 8.42 Å². The molecule has 26 heavy (non-hydrogen) atoms. The molecule has 0 bridgehead atoms. The number of rotatable bonds is 6. The third-order valence-corrected chi connectivity index (χ3v) is 6.21. The highest BCUT2D eigenvalue weighted by Crippen LogP contribution is 2.24. The zero-order chi connectivity index (χ0) is 18.6. The van der Waals surface area contributed by atoms with E-state index in [2.05, 4.69) is 47.1 Å². The summed E-state index contributed by atoms with van der Waals surface area (Å²) in [6.45, 7) is 6.20. The molecule has 0 amide bonds. The van der Waals surface area contributed by atoms with Crippen molar-refractivity contribution in [3.05, 3.63) is 60.2 Å². The van der Waals surface area contributed by atoms with Gasteiger partial charge in [-0.25, -0.2) is 8.42 Å². The molecule has 5 heteroatoms. The van der Waals surface area contributed by atoms with Gasteiger partial charge >= 0.3 is 0 Å². The van der Waals surface area contributed by atoms with E-state index in [1.54, 1.807) is 12.1 Å². The van der Waals surface area contributed by atoms with E-state index >= 15 is 0 Å². The molecule has 0 aromatic heterocycles. The van der Waals surface area contributed by atoms with Crippen LogP contribution in [0.1, 0.15) is 25.3 Å². The van der Waals surface area contributed by atoms with Crippen molar-refractivity contribution in [2.24, 2.45) is 0 Å². The molecule has 1 aliphatic rings. The lowest BCUT2D eigenvalue weighted by Crippen LogP contribution is -2.52. The summed E-state index contributed by atoms with van der Waals surface area (Å²) in [5.41, 5.74) is 2.47. The Bertz CT molecular complexity index is 804. The van der Waals surface area contributed by atoms with Crippen LogP contribution in [-0.2, 0) is 16.4 Å². The summed E-state index contributed by atoms with van der Waals surface area (Å²) in [4.78, 5) is 5.35. The molecule has 2 aromatic rings. The van der Waals surface area contributed by atoms with Crippen molar-refractivity contribution in [2.45, 2.75) is 37.2 Å². The molecule has 2 aromatic carbocycles. The number of piperazine rings is 1. The number of benzene rings is 2. The van der Waals surface area contributed by atoms with Gasteiger partial charge in [0.25, 0.3) is 0 Å². The van der Waals surface area contributed by atoms with E-state index in [1.165, 1.54) is 18.2 Å². The quantitative estimate of drug-likeness (QED) is 0.777. The number of anilines is 1. The molecule has 0 aliphatic carbocycles. The predicted octanol–water partition coefficient (Wildman–Crippen LogP) is 3.58. The minimum atomic E-state index is -3.14. The fourth-order valence-electron chi connectivity index (χ4n) is 3.66. The Morgan fingerprint density at radius 3 is 2.31 bits per heavy atom. The molecule has 1 aliphatic heterocycles. The minimum absolute atomic E-state index is 0.383. The number of nitrogens with zero attached hydrogens (tertiary/aromatic N) is 2. The van der Waals surface area contributed by atoms with Crippen LogP contribution in [0.15, 0.2) is 59.5 Å². The van der Waals surface area contributed by atoms with E-state index in [0.29, 0.717) is 10.9 Å². The molecule has 1 atom stereocenters. The number of hydrogen-bond acceptors (Lipinski definition) is 4.